The number of nitrogens with one attached hydrogen (secondary N) is 4. The number of carboxylic acids is 1. The molecule has 0 aliphatic rings. The molecule has 218 valence electrons. The normalized spacial score (nSPS) is 13.8. The maximum absolute atomic E-state index is 13.4. The van der Waals surface area contributed by atoms with Crippen molar-refractivity contribution in [3.63, 3.8) is 0 Å². The van der Waals surface area contributed by atoms with E-state index in [0.29, 0.717) is 23.4 Å². The van der Waals surface area contributed by atoms with Crippen LogP contribution in [0.4, 0.5) is 0 Å². The molecule has 0 radical (unpaired) electrons. The van der Waals surface area contributed by atoms with Gasteiger partial charge in [0.05, 0.1) is 12.4 Å². The number of rotatable bonds is 17. The summed E-state index contributed by atoms with van der Waals surface area (Å²) in [5, 5.41) is 26.7. The van der Waals surface area contributed by atoms with Crippen molar-refractivity contribution < 1.29 is 34.2 Å². The van der Waals surface area contributed by atoms with Gasteiger partial charge in [0.15, 0.2) is 0 Å². The first-order valence-corrected chi connectivity index (χ1v) is 13.8. The van der Waals surface area contributed by atoms with Gasteiger partial charge in [0.1, 0.15) is 23.9 Å². The highest BCUT2D eigenvalue weighted by Crippen LogP contribution is 2.12. The first kappa shape index (κ1) is 32.1. The van der Waals surface area contributed by atoms with Crippen LogP contribution in [0, 0.1) is 0 Å². The van der Waals surface area contributed by atoms with Crippen LogP contribution in [0.2, 0.25) is 0 Å². The maximum atomic E-state index is 13.4. The quantitative estimate of drug-likeness (QED) is 0.111. The van der Waals surface area contributed by atoms with Crippen molar-refractivity contribution in [3.8, 4) is 5.75 Å². The topological polar surface area (TPSA) is 243 Å². The highest BCUT2D eigenvalue weighted by atomic mass is 32.2. The van der Waals surface area contributed by atoms with E-state index in [-0.39, 0.29) is 31.4 Å². The molecule has 0 bridgehead atoms. The Morgan fingerprint density at radius 3 is 2.15 bits per heavy atom. The molecule has 10 N–H and O–H groups in total. The van der Waals surface area contributed by atoms with Crippen LogP contribution in [0.5, 0.6) is 5.75 Å². The van der Waals surface area contributed by atoms with E-state index < -0.39 is 53.8 Å². The summed E-state index contributed by atoms with van der Waals surface area (Å²) >= 11 is 1.51. The second-order valence-corrected chi connectivity index (χ2v) is 10.1. The number of hydrogen-bond donors (Lipinski definition) is 8. The Hall–Kier alpha value is -4.11. The summed E-state index contributed by atoms with van der Waals surface area (Å²) in [6.45, 7) is 0. The highest BCUT2D eigenvalue weighted by Gasteiger charge is 2.31. The molecule has 0 fully saturated rings. The molecule has 0 aliphatic heterocycles. The fourth-order valence-corrected chi connectivity index (χ4v) is 4.14. The molecule has 40 heavy (non-hydrogen) atoms. The number of carbonyl (C=O) groups excluding carboxylic acids is 4. The first-order valence-electron chi connectivity index (χ1n) is 12.4. The van der Waals surface area contributed by atoms with Crippen molar-refractivity contribution in [2.75, 3.05) is 12.0 Å². The molecule has 0 aliphatic carbocycles. The Morgan fingerprint density at radius 1 is 0.950 bits per heavy atom. The smallest absolute Gasteiger partial charge is 0.326 e. The molecule has 0 spiro atoms. The number of benzene rings is 1. The van der Waals surface area contributed by atoms with Gasteiger partial charge in [-0.2, -0.15) is 11.8 Å². The summed E-state index contributed by atoms with van der Waals surface area (Å²) in [7, 11) is 0. The summed E-state index contributed by atoms with van der Waals surface area (Å²) in [5.74, 6) is -3.60. The van der Waals surface area contributed by atoms with Crippen molar-refractivity contribution >= 4 is 41.4 Å². The molecular formula is C25H35N7O7S. The van der Waals surface area contributed by atoms with Gasteiger partial charge in [0.2, 0.25) is 23.6 Å². The number of H-pyrrole nitrogens is 1. The third-order valence-corrected chi connectivity index (χ3v) is 6.53. The molecule has 14 nitrogen and oxygen atoms in total. The van der Waals surface area contributed by atoms with E-state index in [1.165, 1.54) is 36.4 Å². The number of aromatic hydroxyl groups is 1. The summed E-state index contributed by atoms with van der Waals surface area (Å²) in [6.07, 6.45) is 4.42. The van der Waals surface area contributed by atoms with Gasteiger partial charge in [-0.15, -0.1) is 0 Å². The number of aromatic amines is 1. The number of nitrogens with two attached hydrogens (primary N) is 2. The van der Waals surface area contributed by atoms with Crippen LogP contribution in [0.25, 0.3) is 0 Å². The van der Waals surface area contributed by atoms with Crippen molar-refractivity contribution in [1.82, 2.24) is 25.9 Å². The van der Waals surface area contributed by atoms with Gasteiger partial charge >= 0.3 is 5.97 Å². The number of amides is 4. The zero-order chi connectivity index (χ0) is 29.7. The minimum Gasteiger partial charge on any atom is -0.508 e. The average molecular weight is 578 g/mol. The second-order valence-electron chi connectivity index (χ2n) is 9.07. The number of aliphatic carboxylic acids is 1. The van der Waals surface area contributed by atoms with Crippen molar-refractivity contribution in [3.05, 3.63) is 48.0 Å². The summed E-state index contributed by atoms with van der Waals surface area (Å²) in [6, 6.07) is 1.22. The molecule has 4 amide bonds. The lowest BCUT2D eigenvalue weighted by molar-refractivity contribution is -0.142. The largest absolute Gasteiger partial charge is 0.508 e. The Balaban J connectivity index is 2.23. The minimum atomic E-state index is -1.36. The second kappa shape index (κ2) is 16.1. The average Bonchev–Trinajstić information content (AvgIpc) is 3.42. The van der Waals surface area contributed by atoms with Crippen LogP contribution < -0.4 is 27.4 Å². The maximum Gasteiger partial charge on any atom is 0.326 e. The van der Waals surface area contributed by atoms with Crippen LogP contribution in [0.15, 0.2) is 36.8 Å². The zero-order valence-electron chi connectivity index (χ0n) is 22.0. The molecule has 1 aromatic heterocycles. The third kappa shape index (κ3) is 10.9. The van der Waals surface area contributed by atoms with E-state index >= 15 is 0 Å². The minimum absolute atomic E-state index is 0.00512. The lowest BCUT2D eigenvalue weighted by atomic mass is 10.0. The number of phenols is 1. The molecule has 0 saturated heterocycles. The molecule has 15 heteroatoms. The number of phenolic OH excluding ortho intramolecular Hbond substituents is 1. The fourth-order valence-electron chi connectivity index (χ4n) is 3.65. The van der Waals surface area contributed by atoms with Gasteiger partial charge in [-0.3, -0.25) is 19.2 Å². The molecule has 2 rings (SSSR count). The van der Waals surface area contributed by atoms with Gasteiger partial charge in [-0.05, 0) is 42.5 Å². The van der Waals surface area contributed by atoms with E-state index in [0.717, 1.165) is 0 Å². The van der Waals surface area contributed by atoms with Gasteiger partial charge in [0.25, 0.3) is 0 Å². The number of carbonyl (C=O) groups is 5. The van der Waals surface area contributed by atoms with Crippen molar-refractivity contribution in [2.24, 2.45) is 11.5 Å². The van der Waals surface area contributed by atoms with Gasteiger partial charge in [0, 0.05) is 31.2 Å². The zero-order valence-corrected chi connectivity index (χ0v) is 22.8. The summed E-state index contributed by atoms with van der Waals surface area (Å²) in [5.41, 5.74) is 12.3. The molecular weight excluding hydrogens is 542 g/mol. The van der Waals surface area contributed by atoms with Gasteiger partial charge < -0.3 is 42.6 Å². The first-order chi connectivity index (χ1) is 19.0. The fraction of sp³-hybridized carbons (Fsp3) is 0.440. The van der Waals surface area contributed by atoms with Gasteiger partial charge in [-0.1, -0.05) is 12.1 Å². The number of thioether (sulfide) groups is 1. The molecule has 0 saturated carbocycles. The Kier molecular flexibility index (Phi) is 12.9. The number of nitrogens with zero attached hydrogens (tertiary/aromatic N) is 1. The molecule has 2 aromatic rings. The molecule has 4 atom stereocenters. The predicted molar refractivity (Wildman–Crippen MR) is 147 cm³/mol. The Labute approximate surface area is 235 Å². The Bertz CT molecular complexity index is 1140. The van der Waals surface area contributed by atoms with Crippen molar-refractivity contribution in [2.45, 2.75) is 56.3 Å². The SMILES string of the molecule is CSCCC(N)C(=O)NC(Cc1ccc(O)cc1)C(=O)NC(CCC(N)=O)C(=O)NC(Cc1cnc[nH]1)C(=O)O. The van der Waals surface area contributed by atoms with Crippen LogP contribution in [0.3, 0.4) is 0 Å². The standard InChI is InChI=1S/C25H35N7O7S/c1-40-9-8-17(26)22(35)31-19(10-14-2-4-16(33)5-3-14)24(37)30-18(6-7-21(27)34)23(36)32-20(25(38)39)11-15-12-28-13-29-15/h2-5,12-13,17-20,33H,6-11,26H2,1H3,(H2,27,34)(H,28,29)(H,30,37)(H,31,35)(H,32,36)(H,38,39). The molecule has 1 heterocycles. The third-order valence-electron chi connectivity index (χ3n) is 5.88. The number of imidazole rings is 1. The van der Waals surface area contributed by atoms with E-state index in [4.69, 9.17) is 11.5 Å². The predicted octanol–water partition coefficient (Wildman–Crippen LogP) is -1.21. The number of aromatic nitrogens is 2. The highest BCUT2D eigenvalue weighted by molar-refractivity contribution is 7.98. The van der Waals surface area contributed by atoms with Crippen LogP contribution in [-0.2, 0) is 36.8 Å². The van der Waals surface area contributed by atoms with E-state index in [2.05, 4.69) is 25.9 Å². The van der Waals surface area contributed by atoms with Crippen LogP contribution in [0.1, 0.15) is 30.5 Å². The number of carboxylic acid groups (broad SMARTS) is 1. The summed E-state index contributed by atoms with van der Waals surface area (Å²) < 4.78 is 0. The number of hydrogen-bond acceptors (Lipinski definition) is 9. The van der Waals surface area contributed by atoms with Crippen LogP contribution in [-0.4, -0.2) is 86.0 Å². The lowest BCUT2D eigenvalue weighted by Crippen LogP contribution is -2.58. The Morgan fingerprint density at radius 2 is 1.57 bits per heavy atom. The molecule has 4 unspecified atom stereocenters. The monoisotopic (exact) mass is 577 g/mol. The van der Waals surface area contributed by atoms with E-state index in [1.807, 2.05) is 6.26 Å². The molecule has 1 aromatic carbocycles. The van der Waals surface area contributed by atoms with E-state index in [9.17, 15) is 34.2 Å². The number of primary amides is 1. The summed E-state index contributed by atoms with van der Waals surface area (Å²) in [4.78, 5) is 69.0. The van der Waals surface area contributed by atoms with Crippen LogP contribution >= 0.6 is 11.8 Å². The van der Waals surface area contributed by atoms with E-state index in [1.54, 1.807) is 12.1 Å². The van der Waals surface area contributed by atoms with Crippen molar-refractivity contribution in [1.29, 1.82) is 0 Å². The van der Waals surface area contributed by atoms with Gasteiger partial charge in [-0.25, -0.2) is 9.78 Å². The lowest BCUT2D eigenvalue weighted by Gasteiger charge is -2.25.